The molecule has 2 N–H and O–H groups in total. The van der Waals surface area contributed by atoms with Gasteiger partial charge in [-0.2, -0.15) is 8.78 Å². The van der Waals surface area contributed by atoms with Crippen molar-refractivity contribution in [2.24, 2.45) is 0 Å². The molecule has 3 nitrogen and oxygen atoms in total. The molecule has 0 unspecified atom stereocenters. The van der Waals surface area contributed by atoms with Crippen LogP contribution >= 0.6 is 15.9 Å². The highest BCUT2D eigenvalue weighted by Gasteiger charge is 2.10. The quantitative estimate of drug-likeness (QED) is 0.846. The standard InChI is InChI=1S/C14H12BrF2NO2/c15-10-5-3-4-9(13(10)19)8-18-11-6-1-2-7-12(11)20-14(16)17/h1-7,14,18-19H,8H2. The summed E-state index contributed by atoms with van der Waals surface area (Å²) in [7, 11) is 0. The fourth-order valence-electron chi connectivity index (χ4n) is 1.70. The zero-order valence-corrected chi connectivity index (χ0v) is 11.9. The lowest BCUT2D eigenvalue weighted by Gasteiger charge is -2.13. The molecule has 0 aliphatic heterocycles. The van der Waals surface area contributed by atoms with Gasteiger partial charge in [0, 0.05) is 12.1 Å². The van der Waals surface area contributed by atoms with Crippen molar-refractivity contribution in [3.05, 3.63) is 52.5 Å². The van der Waals surface area contributed by atoms with Gasteiger partial charge in [-0.15, -0.1) is 0 Å². The summed E-state index contributed by atoms with van der Waals surface area (Å²) in [5, 5.41) is 12.8. The van der Waals surface area contributed by atoms with Crippen LogP contribution in [0.3, 0.4) is 0 Å². The normalized spacial score (nSPS) is 10.6. The molecular weight excluding hydrogens is 332 g/mol. The molecule has 0 amide bonds. The first-order valence-electron chi connectivity index (χ1n) is 5.82. The summed E-state index contributed by atoms with van der Waals surface area (Å²) in [5.74, 6) is 0.184. The van der Waals surface area contributed by atoms with E-state index in [4.69, 9.17) is 0 Å². The maximum absolute atomic E-state index is 12.3. The summed E-state index contributed by atoms with van der Waals surface area (Å²) < 4.78 is 29.6. The van der Waals surface area contributed by atoms with Crippen molar-refractivity contribution in [2.75, 3.05) is 5.32 Å². The van der Waals surface area contributed by atoms with E-state index in [1.807, 2.05) is 0 Å². The third-order valence-corrected chi connectivity index (χ3v) is 3.28. The molecule has 0 aliphatic carbocycles. The number of halogens is 3. The molecule has 0 radical (unpaired) electrons. The molecule has 0 saturated heterocycles. The minimum absolute atomic E-state index is 0.0667. The van der Waals surface area contributed by atoms with E-state index < -0.39 is 6.61 Å². The van der Waals surface area contributed by atoms with Gasteiger partial charge in [0.05, 0.1) is 10.2 Å². The summed E-state index contributed by atoms with van der Waals surface area (Å²) in [4.78, 5) is 0. The highest BCUT2D eigenvalue weighted by molar-refractivity contribution is 9.10. The van der Waals surface area contributed by atoms with Crippen molar-refractivity contribution in [1.82, 2.24) is 0 Å². The Morgan fingerprint density at radius 3 is 2.65 bits per heavy atom. The lowest BCUT2D eigenvalue weighted by atomic mass is 10.2. The van der Waals surface area contributed by atoms with E-state index in [0.29, 0.717) is 15.7 Å². The molecule has 0 saturated carbocycles. The molecule has 0 bridgehead atoms. The molecule has 6 heteroatoms. The number of aromatic hydroxyl groups is 1. The maximum Gasteiger partial charge on any atom is 0.387 e. The molecule has 2 rings (SSSR count). The van der Waals surface area contributed by atoms with E-state index in [9.17, 15) is 13.9 Å². The van der Waals surface area contributed by atoms with E-state index >= 15 is 0 Å². The Hall–Kier alpha value is -1.82. The van der Waals surface area contributed by atoms with Gasteiger partial charge < -0.3 is 15.2 Å². The van der Waals surface area contributed by atoms with Crippen LogP contribution in [0.4, 0.5) is 14.5 Å². The molecule has 0 atom stereocenters. The van der Waals surface area contributed by atoms with Crippen molar-refractivity contribution in [3.8, 4) is 11.5 Å². The number of anilines is 1. The van der Waals surface area contributed by atoms with Crippen LogP contribution in [0.15, 0.2) is 46.9 Å². The lowest BCUT2D eigenvalue weighted by Crippen LogP contribution is -2.06. The van der Waals surface area contributed by atoms with E-state index in [2.05, 4.69) is 26.0 Å². The van der Waals surface area contributed by atoms with E-state index in [-0.39, 0.29) is 18.0 Å². The Morgan fingerprint density at radius 1 is 1.15 bits per heavy atom. The molecule has 0 fully saturated rings. The monoisotopic (exact) mass is 343 g/mol. The molecule has 106 valence electrons. The van der Waals surface area contributed by atoms with Crippen molar-refractivity contribution >= 4 is 21.6 Å². The zero-order valence-electron chi connectivity index (χ0n) is 10.3. The number of alkyl halides is 2. The number of rotatable bonds is 5. The summed E-state index contributed by atoms with van der Waals surface area (Å²) in [6.45, 7) is -2.59. The van der Waals surface area contributed by atoms with E-state index in [0.717, 1.165) is 0 Å². The fraction of sp³-hybridized carbons (Fsp3) is 0.143. The second-order valence-corrected chi connectivity index (χ2v) is 4.83. The number of phenolic OH excluding ortho intramolecular Hbond substituents is 1. The van der Waals surface area contributed by atoms with Crippen molar-refractivity contribution in [2.45, 2.75) is 13.2 Å². The predicted molar refractivity (Wildman–Crippen MR) is 76.2 cm³/mol. The van der Waals surface area contributed by atoms with Gasteiger partial charge in [0.15, 0.2) is 0 Å². The van der Waals surface area contributed by atoms with Gasteiger partial charge in [0.1, 0.15) is 11.5 Å². The predicted octanol–water partition coefficient (Wildman–Crippen LogP) is 4.37. The van der Waals surface area contributed by atoms with Crippen LogP contribution in [-0.4, -0.2) is 11.7 Å². The molecular formula is C14H12BrF2NO2. The average Bonchev–Trinajstić information content (AvgIpc) is 2.41. The maximum atomic E-state index is 12.3. The number of phenols is 1. The van der Waals surface area contributed by atoms with Gasteiger partial charge in [0.25, 0.3) is 0 Å². The number of para-hydroxylation sites is 3. The highest BCUT2D eigenvalue weighted by Crippen LogP contribution is 2.30. The van der Waals surface area contributed by atoms with Crippen LogP contribution in [-0.2, 0) is 6.54 Å². The third-order valence-electron chi connectivity index (χ3n) is 2.64. The van der Waals surface area contributed by atoms with Gasteiger partial charge >= 0.3 is 6.61 Å². The SMILES string of the molecule is Oc1c(Br)cccc1CNc1ccccc1OC(F)F. The molecule has 2 aromatic carbocycles. The second-order valence-electron chi connectivity index (χ2n) is 3.98. The summed E-state index contributed by atoms with van der Waals surface area (Å²) in [5.41, 5.74) is 1.08. The van der Waals surface area contributed by atoms with Gasteiger partial charge in [-0.25, -0.2) is 0 Å². The Kier molecular flexibility index (Phi) is 4.79. The summed E-state index contributed by atoms with van der Waals surface area (Å²) >= 11 is 3.22. The average molecular weight is 344 g/mol. The Morgan fingerprint density at radius 2 is 1.90 bits per heavy atom. The summed E-state index contributed by atoms with van der Waals surface area (Å²) in [6, 6.07) is 11.6. The van der Waals surface area contributed by atoms with E-state index in [1.165, 1.54) is 6.07 Å². The first kappa shape index (κ1) is 14.6. The van der Waals surface area contributed by atoms with Gasteiger partial charge in [-0.3, -0.25) is 0 Å². The van der Waals surface area contributed by atoms with Crippen LogP contribution in [0.25, 0.3) is 0 Å². The summed E-state index contributed by atoms with van der Waals surface area (Å²) in [6.07, 6.45) is 0. The number of benzene rings is 2. The molecule has 0 aromatic heterocycles. The van der Waals surface area contributed by atoms with Crippen LogP contribution in [0, 0.1) is 0 Å². The largest absolute Gasteiger partial charge is 0.506 e. The number of hydrogen-bond acceptors (Lipinski definition) is 3. The smallest absolute Gasteiger partial charge is 0.387 e. The topological polar surface area (TPSA) is 41.5 Å². The van der Waals surface area contributed by atoms with Crippen LogP contribution in [0.5, 0.6) is 11.5 Å². The molecule has 0 spiro atoms. The molecule has 20 heavy (non-hydrogen) atoms. The first-order chi connectivity index (χ1) is 9.58. The zero-order chi connectivity index (χ0) is 14.5. The number of hydrogen-bond donors (Lipinski definition) is 2. The van der Waals surface area contributed by atoms with Gasteiger partial charge in [-0.1, -0.05) is 24.3 Å². The highest BCUT2D eigenvalue weighted by atomic mass is 79.9. The first-order valence-corrected chi connectivity index (χ1v) is 6.61. The van der Waals surface area contributed by atoms with Gasteiger partial charge in [0.2, 0.25) is 0 Å². The molecule has 2 aromatic rings. The minimum Gasteiger partial charge on any atom is -0.506 e. The third kappa shape index (κ3) is 3.60. The van der Waals surface area contributed by atoms with Gasteiger partial charge in [-0.05, 0) is 34.1 Å². The van der Waals surface area contributed by atoms with Crippen LogP contribution in [0.1, 0.15) is 5.56 Å². The number of nitrogens with one attached hydrogen (secondary N) is 1. The number of ether oxygens (including phenoxy) is 1. The van der Waals surface area contributed by atoms with Crippen LogP contribution in [0.2, 0.25) is 0 Å². The lowest BCUT2D eigenvalue weighted by molar-refractivity contribution is -0.0493. The minimum atomic E-state index is -2.88. The molecule has 0 heterocycles. The van der Waals surface area contributed by atoms with Crippen LogP contribution < -0.4 is 10.1 Å². The Balaban J connectivity index is 2.13. The Bertz CT molecular complexity index is 593. The second kappa shape index (κ2) is 6.56. The van der Waals surface area contributed by atoms with E-state index in [1.54, 1.807) is 36.4 Å². The van der Waals surface area contributed by atoms with Crippen molar-refractivity contribution in [3.63, 3.8) is 0 Å². The Labute approximate surface area is 123 Å². The van der Waals surface area contributed by atoms with Crippen molar-refractivity contribution in [1.29, 1.82) is 0 Å². The molecule has 0 aliphatic rings. The van der Waals surface area contributed by atoms with Crippen molar-refractivity contribution < 1.29 is 18.6 Å². The fourth-order valence-corrected chi connectivity index (χ4v) is 2.11.